The molecule has 4 aromatic rings. The van der Waals surface area contributed by atoms with Crippen molar-refractivity contribution in [2.75, 3.05) is 5.75 Å². The number of carbonyl (C=O) groups is 1. The highest BCUT2D eigenvalue weighted by Crippen LogP contribution is 2.28. The highest BCUT2D eigenvalue weighted by atomic mass is 79.9. The number of aromatic nitrogens is 3. The first-order valence-corrected chi connectivity index (χ1v) is 11.7. The lowest BCUT2D eigenvalue weighted by molar-refractivity contribution is -0.118. The SMILES string of the molecule is O=C(CSc1nnc(-c2ccccc2)n1-c1ccc(Cl)cc1)NN=Cc1ccc(Br)cc1. The highest BCUT2D eigenvalue weighted by molar-refractivity contribution is 9.10. The van der Waals surface area contributed by atoms with Crippen LogP contribution < -0.4 is 5.43 Å². The van der Waals surface area contributed by atoms with Crippen molar-refractivity contribution in [2.24, 2.45) is 5.10 Å². The van der Waals surface area contributed by atoms with Crippen molar-refractivity contribution in [3.63, 3.8) is 0 Å². The van der Waals surface area contributed by atoms with E-state index in [1.165, 1.54) is 11.8 Å². The maximum Gasteiger partial charge on any atom is 0.250 e. The van der Waals surface area contributed by atoms with Crippen LogP contribution in [0.5, 0.6) is 0 Å². The molecule has 0 aliphatic carbocycles. The first-order chi connectivity index (χ1) is 15.6. The van der Waals surface area contributed by atoms with Gasteiger partial charge in [0.2, 0.25) is 0 Å². The molecule has 0 bridgehead atoms. The molecule has 1 N–H and O–H groups in total. The van der Waals surface area contributed by atoms with Gasteiger partial charge in [0.1, 0.15) is 0 Å². The molecule has 0 saturated heterocycles. The van der Waals surface area contributed by atoms with E-state index < -0.39 is 0 Å². The maximum absolute atomic E-state index is 12.3. The van der Waals surface area contributed by atoms with E-state index in [9.17, 15) is 4.79 Å². The van der Waals surface area contributed by atoms with Gasteiger partial charge in [-0.2, -0.15) is 5.10 Å². The minimum absolute atomic E-state index is 0.137. The number of thioether (sulfide) groups is 1. The zero-order valence-electron chi connectivity index (χ0n) is 16.7. The van der Waals surface area contributed by atoms with Crippen LogP contribution in [0.1, 0.15) is 5.56 Å². The van der Waals surface area contributed by atoms with Crippen molar-refractivity contribution in [1.29, 1.82) is 0 Å². The van der Waals surface area contributed by atoms with Gasteiger partial charge in [0.05, 0.1) is 12.0 Å². The predicted octanol–water partition coefficient (Wildman–Crippen LogP) is 5.59. The number of hydrazone groups is 1. The number of rotatable bonds is 7. The average molecular weight is 527 g/mol. The number of halogens is 2. The molecule has 0 unspecified atom stereocenters. The fourth-order valence-electron chi connectivity index (χ4n) is 2.85. The van der Waals surface area contributed by atoms with Crippen molar-refractivity contribution in [3.05, 3.63) is 93.9 Å². The van der Waals surface area contributed by atoms with Crippen LogP contribution >= 0.6 is 39.3 Å². The molecule has 1 heterocycles. The van der Waals surface area contributed by atoms with Crippen molar-refractivity contribution in [1.82, 2.24) is 20.2 Å². The van der Waals surface area contributed by atoms with Gasteiger partial charge < -0.3 is 0 Å². The summed E-state index contributed by atoms with van der Waals surface area (Å²) in [5.41, 5.74) is 5.21. The van der Waals surface area contributed by atoms with Gasteiger partial charge >= 0.3 is 0 Å². The summed E-state index contributed by atoms with van der Waals surface area (Å²) in [6.45, 7) is 0. The van der Waals surface area contributed by atoms with Crippen LogP contribution in [0.4, 0.5) is 0 Å². The standard InChI is InChI=1S/C23H17BrClN5OS/c24-18-8-6-16(7-9-18)14-26-27-21(31)15-32-23-29-28-22(17-4-2-1-3-5-17)30(23)20-12-10-19(25)11-13-20/h1-14H,15H2,(H,27,31). The van der Waals surface area contributed by atoms with Gasteiger partial charge in [-0.1, -0.05) is 81.8 Å². The normalized spacial score (nSPS) is 11.1. The Hall–Kier alpha value is -2.94. The largest absolute Gasteiger partial charge is 0.272 e. The molecular weight excluding hydrogens is 510 g/mol. The lowest BCUT2D eigenvalue weighted by atomic mass is 10.2. The Balaban J connectivity index is 1.49. The average Bonchev–Trinajstić information content (AvgIpc) is 3.24. The molecule has 3 aromatic carbocycles. The molecule has 1 aromatic heterocycles. The number of hydrogen-bond acceptors (Lipinski definition) is 5. The van der Waals surface area contributed by atoms with Crippen molar-refractivity contribution in [3.8, 4) is 17.1 Å². The molecule has 6 nitrogen and oxygen atoms in total. The highest BCUT2D eigenvalue weighted by Gasteiger charge is 2.17. The molecule has 32 heavy (non-hydrogen) atoms. The number of amides is 1. The maximum atomic E-state index is 12.3. The third-order valence-electron chi connectivity index (χ3n) is 4.36. The fraction of sp³-hybridized carbons (Fsp3) is 0.0435. The summed E-state index contributed by atoms with van der Waals surface area (Å²) in [4.78, 5) is 12.3. The van der Waals surface area contributed by atoms with E-state index in [2.05, 4.69) is 36.7 Å². The summed E-state index contributed by atoms with van der Waals surface area (Å²) in [5, 5.41) is 13.9. The Morgan fingerprint density at radius 3 is 2.47 bits per heavy atom. The first kappa shape index (κ1) is 22.3. The minimum atomic E-state index is -0.240. The lowest BCUT2D eigenvalue weighted by Crippen LogP contribution is -2.20. The number of carbonyl (C=O) groups excluding carboxylic acids is 1. The lowest BCUT2D eigenvalue weighted by Gasteiger charge is -2.10. The van der Waals surface area contributed by atoms with Gasteiger partial charge in [0.25, 0.3) is 5.91 Å². The van der Waals surface area contributed by atoms with Crippen LogP contribution in [0.3, 0.4) is 0 Å². The quantitative estimate of drug-likeness (QED) is 0.193. The summed E-state index contributed by atoms with van der Waals surface area (Å²) < 4.78 is 2.89. The monoisotopic (exact) mass is 525 g/mol. The third-order valence-corrected chi connectivity index (χ3v) is 6.07. The zero-order valence-corrected chi connectivity index (χ0v) is 19.8. The van der Waals surface area contributed by atoms with Crippen molar-refractivity contribution in [2.45, 2.75) is 5.16 Å². The molecule has 0 spiro atoms. The molecule has 9 heteroatoms. The first-order valence-electron chi connectivity index (χ1n) is 9.57. The molecular formula is C23H17BrClN5OS. The van der Waals surface area contributed by atoms with E-state index >= 15 is 0 Å². The molecule has 0 saturated carbocycles. The van der Waals surface area contributed by atoms with Gasteiger partial charge in [0, 0.05) is 20.7 Å². The van der Waals surface area contributed by atoms with Crippen LogP contribution in [0, 0.1) is 0 Å². The number of nitrogens with one attached hydrogen (secondary N) is 1. The molecule has 0 fully saturated rings. The van der Waals surface area contributed by atoms with E-state index in [4.69, 9.17) is 11.6 Å². The topological polar surface area (TPSA) is 72.2 Å². The Kier molecular flexibility index (Phi) is 7.36. The van der Waals surface area contributed by atoms with Crippen LogP contribution in [0.2, 0.25) is 5.02 Å². The van der Waals surface area contributed by atoms with E-state index in [-0.39, 0.29) is 11.7 Å². The number of nitrogens with zero attached hydrogens (tertiary/aromatic N) is 4. The number of hydrogen-bond donors (Lipinski definition) is 1. The second-order valence-corrected chi connectivity index (χ2v) is 8.91. The molecule has 0 radical (unpaired) electrons. The van der Waals surface area contributed by atoms with Crippen molar-refractivity contribution >= 4 is 51.4 Å². The van der Waals surface area contributed by atoms with Gasteiger partial charge in [-0.15, -0.1) is 10.2 Å². The second kappa shape index (κ2) is 10.6. The summed E-state index contributed by atoms with van der Waals surface area (Å²) in [5.74, 6) is 0.581. The summed E-state index contributed by atoms with van der Waals surface area (Å²) in [6, 6.07) is 24.8. The van der Waals surface area contributed by atoms with Crippen molar-refractivity contribution < 1.29 is 4.79 Å². The Morgan fingerprint density at radius 2 is 1.75 bits per heavy atom. The summed E-state index contributed by atoms with van der Waals surface area (Å²) >= 11 is 10.7. The van der Waals surface area contributed by atoms with Gasteiger partial charge in [0.15, 0.2) is 11.0 Å². The predicted molar refractivity (Wildman–Crippen MR) is 132 cm³/mol. The third kappa shape index (κ3) is 5.64. The van der Waals surface area contributed by atoms with Crippen LogP contribution in [0.15, 0.2) is 93.6 Å². The molecule has 0 atom stereocenters. The number of benzene rings is 3. The summed E-state index contributed by atoms with van der Waals surface area (Å²) in [6.07, 6.45) is 1.60. The molecule has 1 amide bonds. The van der Waals surface area contributed by atoms with Crippen LogP contribution in [-0.4, -0.2) is 32.6 Å². The second-order valence-electron chi connectivity index (χ2n) is 6.62. The van der Waals surface area contributed by atoms with E-state index in [1.54, 1.807) is 6.21 Å². The van der Waals surface area contributed by atoms with E-state index in [1.807, 2.05) is 83.4 Å². The van der Waals surface area contributed by atoms with Gasteiger partial charge in [-0.3, -0.25) is 9.36 Å². The molecule has 0 aliphatic rings. The zero-order chi connectivity index (χ0) is 22.3. The molecule has 0 aliphatic heterocycles. The smallest absolute Gasteiger partial charge is 0.250 e. The van der Waals surface area contributed by atoms with Crippen LogP contribution in [0.25, 0.3) is 17.1 Å². The minimum Gasteiger partial charge on any atom is -0.272 e. The Labute approximate surface area is 202 Å². The van der Waals surface area contributed by atoms with Crippen LogP contribution in [-0.2, 0) is 4.79 Å². The van der Waals surface area contributed by atoms with Gasteiger partial charge in [-0.25, -0.2) is 5.43 Å². The Morgan fingerprint density at radius 1 is 1.03 bits per heavy atom. The van der Waals surface area contributed by atoms with Gasteiger partial charge in [-0.05, 0) is 42.0 Å². The molecule has 160 valence electrons. The van der Waals surface area contributed by atoms with E-state index in [0.717, 1.165) is 21.3 Å². The molecule has 4 rings (SSSR count). The Bertz CT molecular complexity index is 1230. The van der Waals surface area contributed by atoms with E-state index in [0.29, 0.717) is 16.0 Å². The summed E-state index contributed by atoms with van der Waals surface area (Å²) in [7, 11) is 0. The fourth-order valence-corrected chi connectivity index (χ4v) is 3.99.